The van der Waals surface area contributed by atoms with E-state index in [9.17, 15) is 9.18 Å². The van der Waals surface area contributed by atoms with Crippen molar-refractivity contribution in [2.75, 3.05) is 20.3 Å². The molecule has 0 saturated carbocycles. The minimum atomic E-state index is -0.496. The lowest BCUT2D eigenvalue weighted by Gasteiger charge is -2.07. The van der Waals surface area contributed by atoms with Crippen molar-refractivity contribution in [3.63, 3.8) is 0 Å². The molecule has 0 spiro atoms. The smallest absolute Gasteiger partial charge is 0.251 e. The first-order valence-corrected chi connectivity index (χ1v) is 5.41. The summed E-state index contributed by atoms with van der Waals surface area (Å²) in [6, 6.07) is 3.96. The second-order valence-electron chi connectivity index (χ2n) is 3.54. The van der Waals surface area contributed by atoms with E-state index in [1.807, 2.05) is 0 Å². The molecule has 5 heteroatoms. The number of carbonyl (C=O) groups excluding carboxylic acids is 1. The Kier molecular flexibility index (Phi) is 5.42. The Morgan fingerprint density at radius 3 is 2.88 bits per heavy atom. The van der Waals surface area contributed by atoms with Crippen LogP contribution in [-0.2, 0) is 0 Å². The Morgan fingerprint density at radius 2 is 2.24 bits per heavy atom. The number of halogens is 1. The summed E-state index contributed by atoms with van der Waals surface area (Å²) in [6.45, 7) is 0.597. The van der Waals surface area contributed by atoms with Gasteiger partial charge in [-0.15, -0.1) is 0 Å². The molecule has 0 radical (unpaired) electrons. The summed E-state index contributed by atoms with van der Waals surface area (Å²) in [6.07, 6.45) is 1.35. The largest absolute Gasteiger partial charge is 0.494 e. The van der Waals surface area contributed by atoms with Crippen LogP contribution in [0.1, 0.15) is 23.2 Å². The van der Waals surface area contributed by atoms with Crippen molar-refractivity contribution in [3.8, 4) is 5.75 Å². The van der Waals surface area contributed by atoms with Gasteiger partial charge in [0.15, 0.2) is 11.6 Å². The third kappa shape index (κ3) is 4.03. The maximum atomic E-state index is 13.1. The first-order chi connectivity index (χ1) is 8.19. The minimum absolute atomic E-state index is 0.0491. The van der Waals surface area contributed by atoms with Crippen LogP contribution in [0, 0.1) is 5.82 Å². The predicted molar refractivity (Wildman–Crippen MR) is 61.6 cm³/mol. The molecule has 0 aromatic heterocycles. The molecule has 0 fully saturated rings. The summed E-state index contributed by atoms with van der Waals surface area (Å²) in [7, 11) is 1.35. The minimum Gasteiger partial charge on any atom is -0.494 e. The summed E-state index contributed by atoms with van der Waals surface area (Å²) < 4.78 is 17.9. The van der Waals surface area contributed by atoms with Gasteiger partial charge < -0.3 is 15.2 Å². The Morgan fingerprint density at radius 1 is 1.47 bits per heavy atom. The van der Waals surface area contributed by atoms with Gasteiger partial charge in [-0.25, -0.2) is 4.39 Å². The number of hydrogen-bond acceptors (Lipinski definition) is 3. The fourth-order valence-electron chi connectivity index (χ4n) is 1.34. The van der Waals surface area contributed by atoms with Crippen molar-refractivity contribution in [2.24, 2.45) is 0 Å². The molecule has 17 heavy (non-hydrogen) atoms. The van der Waals surface area contributed by atoms with Crippen LogP contribution in [-0.4, -0.2) is 31.3 Å². The number of benzene rings is 1. The van der Waals surface area contributed by atoms with Gasteiger partial charge in [0.1, 0.15) is 0 Å². The number of carbonyl (C=O) groups is 1. The van der Waals surface area contributed by atoms with E-state index >= 15 is 0 Å². The summed E-state index contributed by atoms with van der Waals surface area (Å²) in [5.74, 6) is -0.724. The number of hydrogen-bond donors (Lipinski definition) is 2. The second-order valence-corrected chi connectivity index (χ2v) is 3.54. The molecule has 4 nitrogen and oxygen atoms in total. The fourth-order valence-corrected chi connectivity index (χ4v) is 1.34. The van der Waals surface area contributed by atoms with Crippen LogP contribution in [0.3, 0.4) is 0 Å². The molecule has 1 aromatic carbocycles. The van der Waals surface area contributed by atoms with Gasteiger partial charge in [-0.1, -0.05) is 0 Å². The zero-order valence-corrected chi connectivity index (χ0v) is 9.70. The van der Waals surface area contributed by atoms with E-state index in [0.717, 1.165) is 0 Å². The van der Waals surface area contributed by atoms with Crippen molar-refractivity contribution in [2.45, 2.75) is 12.8 Å². The zero-order chi connectivity index (χ0) is 12.7. The van der Waals surface area contributed by atoms with E-state index < -0.39 is 5.82 Å². The summed E-state index contributed by atoms with van der Waals surface area (Å²) >= 11 is 0. The molecular weight excluding hydrogens is 225 g/mol. The quantitative estimate of drug-likeness (QED) is 0.739. The van der Waals surface area contributed by atoms with Crippen LogP contribution in [0.4, 0.5) is 4.39 Å². The Hall–Kier alpha value is -1.62. The van der Waals surface area contributed by atoms with Crippen LogP contribution >= 0.6 is 0 Å². The van der Waals surface area contributed by atoms with Gasteiger partial charge in [-0.2, -0.15) is 0 Å². The Balaban J connectivity index is 2.57. The number of methoxy groups -OCH3 is 1. The van der Waals surface area contributed by atoms with Gasteiger partial charge in [0.05, 0.1) is 7.11 Å². The Labute approximate surface area is 99.4 Å². The molecule has 2 N–H and O–H groups in total. The zero-order valence-electron chi connectivity index (χ0n) is 9.70. The fraction of sp³-hybridized carbons (Fsp3) is 0.417. The second kappa shape index (κ2) is 6.85. The van der Waals surface area contributed by atoms with Crippen LogP contribution < -0.4 is 10.1 Å². The molecule has 0 aliphatic rings. The number of ether oxygens (including phenoxy) is 1. The van der Waals surface area contributed by atoms with Gasteiger partial charge in [0.2, 0.25) is 0 Å². The van der Waals surface area contributed by atoms with Crippen LogP contribution in [0.15, 0.2) is 18.2 Å². The average molecular weight is 241 g/mol. The highest BCUT2D eigenvalue weighted by Crippen LogP contribution is 2.17. The number of aliphatic hydroxyl groups excluding tert-OH is 1. The molecule has 0 unspecified atom stereocenters. The molecule has 1 amide bonds. The maximum absolute atomic E-state index is 13.1. The normalized spacial score (nSPS) is 10.1. The van der Waals surface area contributed by atoms with Crippen molar-refractivity contribution in [3.05, 3.63) is 29.6 Å². The van der Waals surface area contributed by atoms with E-state index in [0.29, 0.717) is 24.9 Å². The third-order valence-corrected chi connectivity index (χ3v) is 2.28. The first-order valence-electron chi connectivity index (χ1n) is 5.41. The first kappa shape index (κ1) is 13.4. The van der Waals surface area contributed by atoms with Crippen LogP contribution in [0.2, 0.25) is 0 Å². The van der Waals surface area contributed by atoms with E-state index in [-0.39, 0.29) is 18.3 Å². The van der Waals surface area contributed by atoms with E-state index in [4.69, 9.17) is 9.84 Å². The van der Waals surface area contributed by atoms with Gasteiger partial charge in [0.25, 0.3) is 5.91 Å². The highest BCUT2D eigenvalue weighted by atomic mass is 19.1. The van der Waals surface area contributed by atoms with Crippen molar-refractivity contribution in [1.82, 2.24) is 5.32 Å². The lowest BCUT2D eigenvalue weighted by molar-refractivity contribution is 0.0951. The van der Waals surface area contributed by atoms with Gasteiger partial charge in [-0.3, -0.25) is 4.79 Å². The van der Waals surface area contributed by atoms with Crippen LogP contribution in [0.25, 0.3) is 0 Å². The summed E-state index contributed by atoms with van der Waals surface area (Å²) in [4.78, 5) is 11.6. The molecule has 0 heterocycles. The third-order valence-electron chi connectivity index (χ3n) is 2.28. The summed E-state index contributed by atoms with van der Waals surface area (Å²) in [5, 5.41) is 11.3. The highest BCUT2D eigenvalue weighted by molar-refractivity contribution is 5.94. The molecule has 0 atom stereocenters. The lowest BCUT2D eigenvalue weighted by Crippen LogP contribution is -2.24. The van der Waals surface area contributed by atoms with Crippen molar-refractivity contribution >= 4 is 5.91 Å². The molecule has 94 valence electrons. The molecule has 1 aromatic rings. The predicted octanol–water partition coefficient (Wildman–Crippen LogP) is 1.34. The van der Waals surface area contributed by atoms with Gasteiger partial charge >= 0.3 is 0 Å². The number of aliphatic hydroxyl groups is 1. The lowest BCUT2D eigenvalue weighted by atomic mass is 10.2. The van der Waals surface area contributed by atoms with Crippen LogP contribution in [0.5, 0.6) is 5.75 Å². The highest BCUT2D eigenvalue weighted by Gasteiger charge is 2.09. The van der Waals surface area contributed by atoms with Crippen molar-refractivity contribution in [1.29, 1.82) is 0 Å². The average Bonchev–Trinajstić information content (AvgIpc) is 2.35. The van der Waals surface area contributed by atoms with E-state index in [2.05, 4.69) is 5.32 Å². The molecule has 0 bridgehead atoms. The maximum Gasteiger partial charge on any atom is 0.251 e. The van der Waals surface area contributed by atoms with E-state index in [1.54, 1.807) is 0 Å². The monoisotopic (exact) mass is 241 g/mol. The van der Waals surface area contributed by atoms with E-state index in [1.165, 1.54) is 25.3 Å². The number of nitrogens with one attached hydrogen (secondary N) is 1. The molecule has 0 aliphatic carbocycles. The molecule has 1 rings (SSSR count). The molecular formula is C12H16FNO3. The summed E-state index contributed by atoms with van der Waals surface area (Å²) in [5.41, 5.74) is 0.354. The number of unbranched alkanes of at least 4 members (excludes halogenated alkanes) is 1. The SMILES string of the molecule is COc1cc(C(=O)NCCCCO)ccc1F. The standard InChI is InChI=1S/C12H16FNO3/c1-17-11-8-9(4-5-10(11)13)12(16)14-6-2-3-7-15/h4-5,8,15H,2-3,6-7H2,1H3,(H,14,16). The Bertz CT molecular complexity index is 382. The van der Waals surface area contributed by atoms with Gasteiger partial charge in [-0.05, 0) is 31.0 Å². The van der Waals surface area contributed by atoms with Gasteiger partial charge in [0, 0.05) is 18.7 Å². The molecule has 0 saturated heterocycles. The number of rotatable bonds is 6. The molecule has 0 aliphatic heterocycles. The van der Waals surface area contributed by atoms with Crippen molar-refractivity contribution < 1.29 is 19.0 Å². The topological polar surface area (TPSA) is 58.6 Å². The number of amides is 1.